The highest BCUT2D eigenvalue weighted by molar-refractivity contribution is 5.94. The summed E-state index contributed by atoms with van der Waals surface area (Å²) in [6.45, 7) is 6.88. The van der Waals surface area contributed by atoms with Gasteiger partial charge < -0.3 is 10.2 Å². The van der Waals surface area contributed by atoms with Gasteiger partial charge in [-0.3, -0.25) is 14.5 Å². The average Bonchev–Trinajstić information content (AvgIpc) is 2.84. The van der Waals surface area contributed by atoms with Gasteiger partial charge in [0.1, 0.15) is 0 Å². The number of piperazine rings is 1. The number of halogens is 2. The zero-order chi connectivity index (χ0) is 23.0. The molecule has 2 aliphatic rings. The predicted molar refractivity (Wildman–Crippen MR) is 148 cm³/mol. The summed E-state index contributed by atoms with van der Waals surface area (Å²) in [7, 11) is 0. The number of carbonyl (C=O) groups is 2. The minimum atomic E-state index is 0. The lowest BCUT2D eigenvalue weighted by Crippen LogP contribution is -2.46. The maximum Gasteiger partial charge on any atom is 0.220 e. The van der Waals surface area contributed by atoms with Crippen LogP contribution in [-0.4, -0.2) is 49.3 Å². The van der Waals surface area contributed by atoms with Gasteiger partial charge in [0, 0.05) is 43.9 Å². The maximum absolute atomic E-state index is 12.5. The van der Waals surface area contributed by atoms with Gasteiger partial charge in [0.05, 0.1) is 6.04 Å². The highest BCUT2D eigenvalue weighted by Gasteiger charge is 2.21. The van der Waals surface area contributed by atoms with E-state index in [9.17, 15) is 9.59 Å². The molecule has 1 aliphatic heterocycles. The standard InChI is InChI=1S/C28H37N3O2.2ClH/c1-22(32)23-13-15-25(16-14-23)31-20-18-30(19-21-31)17-6-2-3-12-28(33)29-27-11-7-9-24-8-4-5-10-26(24)27;;/h4-5,8,10,13-16,27H,2-3,6-7,9,11-12,17-21H2,1H3,(H,29,33);2*1H. The molecule has 35 heavy (non-hydrogen) atoms. The van der Waals surface area contributed by atoms with Crippen LogP contribution in [0.5, 0.6) is 0 Å². The summed E-state index contributed by atoms with van der Waals surface area (Å²) in [5.74, 6) is 0.310. The van der Waals surface area contributed by atoms with Gasteiger partial charge in [0.15, 0.2) is 5.78 Å². The second-order valence-electron chi connectivity index (χ2n) is 9.45. The smallest absolute Gasteiger partial charge is 0.220 e. The summed E-state index contributed by atoms with van der Waals surface area (Å²) in [6.07, 6.45) is 7.16. The molecule has 1 fully saturated rings. The van der Waals surface area contributed by atoms with Crippen LogP contribution in [0.2, 0.25) is 0 Å². The first-order valence-corrected chi connectivity index (χ1v) is 12.6. The molecule has 0 aromatic heterocycles. The lowest BCUT2D eigenvalue weighted by atomic mass is 9.87. The van der Waals surface area contributed by atoms with Crippen molar-refractivity contribution in [2.75, 3.05) is 37.6 Å². The molecule has 4 rings (SSSR count). The Kier molecular flexibility index (Phi) is 12.1. The lowest BCUT2D eigenvalue weighted by molar-refractivity contribution is -0.122. The van der Waals surface area contributed by atoms with Crippen LogP contribution in [-0.2, 0) is 11.2 Å². The number of Topliss-reactive ketones (excluding diaryl/α,β-unsaturated/α-hetero) is 1. The SMILES string of the molecule is CC(=O)c1ccc(N2CCN(CCCCCC(=O)NC3CCCc4ccccc43)CC2)cc1.Cl.Cl. The number of amides is 1. The van der Waals surface area contributed by atoms with Crippen LogP contribution in [0.1, 0.15) is 73.0 Å². The highest BCUT2D eigenvalue weighted by Crippen LogP contribution is 2.29. The van der Waals surface area contributed by atoms with Gasteiger partial charge in [0.25, 0.3) is 0 Å². The molecule has 5 nitrogen and oxygen atoms in total. The lowest BCUT2D eigenvalue weighted by Gasteiger charge is -2.36. The topological polar surface area (TPSA) is 52.7 Å². The van der Waals surface area contributed by atoms with Crippen molar-refractivity contribution in [3.05, 3.63) is 65.2 Å². The third-order valence-electron chi connectivity index (χ3n) is 7.09. The molecule has 7 heteroatoms. The Morgan fingerprint density at radius 2 is 1.63 bits per heavy atom. The van der Waals surface area contributed by atoms with E-state index in [1.807, 2.05) is 12.1 Å². The van der Waals surface area contributed by atoms with E-state index in [1.165, 1.54) is 16.8 Å². The fourth-order valence-corrected chi connectivity index (χ4v) is 5.10. The van der Waals surface area contributed by atoms with Gasteiger partial charge in [-0.2, -0.15) is 0 Å². The fourth-order valence-electron chi connectivity index (χ4n) is 5.10. The normalized spacial score (nSPS) is 17.5. The Hall–Kier alpha value is -2.08. The number of fused-ring (bicyclic) bond motifs is 1. The summed E-state index contributed by atoms with van der Waals surface area (Å²) < 4.78 is 0. The number of hydrogen-bond acceptors (Lipinski definition) is 4. The molecule has 1 atom stereocenters. The zero-order valence-corrected chi connectivity index (χ0v) is 22.3. The van der Waals surface area contributed by atoms with Crippen LogP contribution in [0, 0.1) is 0 Å². The summed E-state index contributed by atoms with van der Waals surface area (Å²) in [5.41, 5.74) is 4.68. The summed E-state index contributed by atoms with van der Waals surface area (Å²) in [5, 5.41) is 3.27. The first-order chi connectivity index (χ1) is 16.1. The minimum Gasteiger partial charge on any atom is -0.369 e. The molecule has 1 amide bonds. The third-order valence-corrected chi connectivity index (χ3v) is 7.09. The average molecular weight is 521 g/mol. The van der Waals surface area contributed by atoms with E-state index < -0.39 is 0 Å². The second-order valence-corrected chi connectivity index (χ2v) is 9.45. The van der Waals surface area contributed by atoms with Crippen molar-refractivity contribution in [3.63, 3.8) is 0 Å². The van der Waals surface area contributed by atoms with Gasteiger partial charge in [-0.25, -0.2) is 0 Å². The van der Waals surface area contributed by atoms with E-state index in [1.54, 1.807) is 6.92 Å². The second kappa shape index (κ2) is 14.5. The molecule has 1 N–H and O–H groups in total. The van der Waals surface area contributed by atoms with Gasteiger partial charge in [-0.05, 0) is 81.0 Å². The number of benzene rings is 2. The molecule has 1 heterocycles. The molecule has 2 aromatic rings. The van der Waals surface area contributed by atoms with Crippen molar-refractivity contribution >= 4 is 42.2 Å². The Balaban J connectivity index is 0.00000216. The number of ketones is 1. The van der Waals surface area contributed by atoms with Crippen LogP contribution in [0.3, 0.4) is 0 Å². The van der Waals surface area contributed by atoms with Gasteiger partial charge >= 0.3 is 0 Å². The first kappa shape index (κ1) is 29.2. The number of unbranched alkanes of at least 4 members (excludes halogenated alkanes) is 2. The van der Waals surface area contributed by atoms with Crippen molar-refractivity contribution in [2.24, 2.45) is 0 Å². The summed E-state index contributed by atoms with van der Waals surface area (Å²) >= 11 is 0. The van der Waals surface area contributed by atoms with E-state index in [2.05, 4.69) is 51.5 Å². The van der Waals surface area contributed by atoms with Crippen molar-refractivity contribution in [1.29, 1.82) is 0 Å². The largest absolute Gasteiger partial charge is 0.369 e. The van der Waals surface area contributed by atoms with Crippen molar-refractivity contribution in [2.45, 2.75) is 57.9 Å². The van der Waals surface area contributed by atoms with Crippen LogP contribution in [0.4, 0.5) is 5.69 Å². The van der Waals surface area contributed by atoms with Gasteiger partial charge in [0.2, 0.25) is 5.91 Å². The molecular formula is C28H39Cl2N3O2. The Bertz CT molecular complexity index is 943. The maximum atomic E-state index is 12.5. The van der Waals surface area contributed by atoms with E-state index >= 15 is 0 Å². The molecule has 0 saturated carbocycles. The number of anilines is 1. The first-order valence-electron chi connectivity index (χ1n) is 12.6. The van der Waals surface area contributed by atoms with Gasteiger partial charge in [-0.1, -0.05) is 30.7 Å². The summed E-state index contributed by atoms with van der Waals surface area (Å²) in [4.78, 5) is 28.8. The molecule has 0 radical (unpaired) electrons. The molecule has 2 aromatic carbocycles. The number of aryl methyl sites for hydroxylation is 1. The number of carbonyl (C=O) groups excluding carboxylic acids is 2. The van der Waals surface area contributed by atoms with Crippen molar-refractivity contribution in [1.82, 2.24) is 10.2 Å². The minimum absolute atomic E-state index is 0. The molecule has 0 spiro atoms. The van der Waals surface area contributed by atoms with Crippen LogP contribution in [0.15, 0.2) is 48.5 Å². The predicted octanol–water partition coefficient (Wildman–Crippen LogP) is 5.61. The quantitative estimate of drug-likeness (QED) is 0.345. The fraction of sp³-hybridized carbons (Fsp3) is 0.500. The van der Waals surface area contributed by atoms with Crippen LogP contribution < -0.4 is 10.2 Å². The van der Waals surface area contributed by atoms with Gasteiger partial charge in [-0.15, -0.1) is 24.8 Å². The number of rotatable bonds is 9. The molecule has 1 saturated heterocycles. The molecule has 1 unspecified atom stereocenters. The molecular weight excluding hydrogens is 481 g/mol. The Morgan fingerprint density at radius 1 is 0.914 bits per heavy atom. The van der Waals surface area contributed by atoms with Crippen LogP contribution in [0.25, 0.3) is 0 Å². The number of hydrogen-bond donors (Lipinski definition) is 1. The Labute approximate surface area is 222 Å². The zero-order valence-electron chi connectivity index (χ0n) is 20.7. The third kappa shape index (κ3) is 8.23. The van der Waals surface area contributed by atoms with Crippen molar-refractivity contribution in [3.8, 4) is 0 Å². The molecule has 0 bridgehead atoms. The Morgan fingerprint density at radius 3 is 2.34 bits per heavy atom. The highest BCUT2D eigenvalue weighted by atomic mass is 35.5. The van der Waals surface area contributed by atoms with Crippen molar-refractivity contribution < 1.29 is 9.59 Å². The number of nitrogens with one attached hydrogen (secondary N) is 1. The summed E-state index contributed by atoms with van der Waals surface area (Å²) in [6, 6.07) is 16.7. The molecule has 1 aliphatic carbocycles. The van der Waals surface area contributed by atoms with E-state index in [4.69, 9.17) is 0 Å². The van der Waals surface area contributed by atoms with E-state index in [0.29, 0.717) is 6.42 Å². The molecule has 192 valence electrons. The van der Waals surface area contributed by atoms with E-state index in [0.717, 1.165) is 76.8 Å². The number of nitrogens with zero attached hydrogens (tertiary/aromatic N) is 2. The van der Waals surface area contributed by atoms with Crippen LogP contribution >= 0.6 is 24.8 Å². The van der Waals surface area contributed by atoms with E-state index in [-0.39, 0.29) is 42.5 Å². The monoisotopic (exact) mass is 519 g/mol.